The van der Waals surface area contributed by atoms with E-state index in [9.17, 15) is 9.18 Å². The number of carbonyl (C=O) groups excluding carboxylic acids is 1. The van der Waals surface area contributed by atoms with Crippen LogP contribution in [0, 0.1) is 11.7 Å². The van der Waals surface area contributed by atoms with Gasteiger partial charge in [0.15, 0.2) is 0 Å². The summed E-state index contributed by atoms with van der Waals surface area (Å²) in [5, 5.41) is 3.38. The number of nitrogens with zero attached hydrogens (tertiary/aromatic N) is 1. The Balaban J connectivity index is 2.11. The van der Waals surface area contributed by atoms with Crippen LogP contribution < -0.4 is 5.32 Å². The first-order valence-electron chi connectivity index (χ1n) is 7.25. The molecule has 0 aromatic heterocycles. The van der Waals surface area contributed by atoms with Crippen LogP contribution in [0.3, 0.4) is 0 Å². The van der Waals surface area contributed by atoms with Crippen molar-refractivity contribution in [3.05, 3.63) is 34.6 Å². The molecule has 0 saturated carbocycles. The SMILES string of the molecule is CN1CCC[C@H](C(=O)NC(C)(C)c2ccc(F)cc2Cl)C1. The van der Waals surface area contributed by atoms with Crippen LogP contribution in [0.4, 0.5) is 4.39 Å². The lowest BCUT2D eigenvalue weighted by Crippen LogP contribution is -2.48. The quantitative estimate of drug-likeness (QED) is 0.930. The first-order chi connectivity index (χ1) is 9.79. The van der Waals surface area contributed by atoms with E-state index < -0.39 is 5.54 Å². The number of hydrogen-bond acceptors (Lipinski definition) is 2. The zero-order chi connectivity index (χ0) is 15.6. The largest absolute Gasteiger partial charge is 0.347 e. The molecule has 0 radical (unpaired) electrons. The van der Waals surface area contributed by atoms with Crippen LogP contribution in [0.2, 0.25) is 5.02 Å². The highest BCUT2D eigenvalue weighted by atomic mass is 35.5. The Hall–Kier alpha value is -1.13. The highest BCUT2D eigenvalue weighted by Gasteiger charge is 2.30. The van der Waals surface area contributed by atoms with E-state index >= 15 is 0 Å². The van der Waals surface area contributed by atoms with Crippen LogP contribution in [-0.4, -0.2) is 30.9 Å². The van der Waals surface area contributed by atoms with Gasteiger partial charge in [-0.3, -0.25) is 4.79 Å². The average Bonchev–Trinajstić information content (AvgIpc) is 2.37. The molecule has 1 atom stereocenters. The van der Waals surface area contributed by atoms with Gasteiger partial charge in [-0.1, -0.05) is 17.7 Å². The van der Waals surface area contributed by atoms with E-state index in [1.54, 1.807) is 6.07 Å². The van der Waals surface area contributed by atoms with E-state index in [4.69, 9.17) is 11.6 Å². The van der Waals surface area contributed by atoms with Crippen molar-refractivity contribution < 1.29 is 9.18 Å². The zero-order valence-electron chi connectivity index (χ0n) is 12.7. The van der Waals surface area contributed by atoms with Crippen LogP contribution in [0.15, 0.2) is 18.2 Å². The van der Waals surface area contributed by atoms with E-state index in [1.807, 2.05) is 20.9 Å². The first kappa shape index (κ1) is 16.2. The number of rotatable bonds is 3. The van der Waals surface area contributed by atoms with Gasteiger partial charge < -0.3 is 10.2 Å². The molecule has 21 heavy (non-hydrogen) atoms. The van der Waals surface area contributed by atoms with Gasteiger partial charge >= 0.3 is 0 Å². The predicted molar refractivity (Wildman–Crippen MR) is 82.8 cm³/mol. The molecular formula is C16H22ClFN2O. The molecule has 0 unspecified atom stereocenters. The van der Waals surface area contributed by atoms with E-state index in [2.05, 4.69) is 10.2 Å². The lowest BCUT2D eigenvalue weighted by molar-refractivity contribution is -0.128. The fourth-order valence-electron chi connectivity index (χ4n) is 2.85. The minimum Gasteiger partial charge on any atom is -0.347 e. The van der Waals surface area contributed by atoms with Crippen LogP contribution >= 0.6 is 11.6 Å². The summed E-state index contributed by atoms with van der Waals surface area (Å²) in [4.78, 5) is 14.6. The molecule has 1 heterocycles. The molecule has 0 aliphatic carbocycles. The zero-order valence-corrected chi connectivity index (χ0v) is 13.5. The van der Waals surface area contributed by atoms with Gasteiger partial charge in [0, 0.05) is 11.6 Å². The molecule has 1 aliphatic rings. The van der Waals surface area contributed by atoms with Gasteiger partial charge in [-0.2, -0.15) is 0 Å². The van der Waals surface area contributed by atoms with Gasteiger partial charge in [0.05, 0.1) is 11.5 Å². The lowest BCUT2D eigenvalue weighted by Gasteiger charge is -2.33. The molecule has 1 aromatic carbocycles. The third kappa shape index (κ3) is 3.95. The normalized spacial score (nSPS) is 20.3. The molecule has 1 fully saturated rings. The first-order valence-corrected chi connectivity index (χ1v) is 7.63. The second-order valence-electron chi connectivity index (χ2n) is 6.34. The summed E-state index contributed by atoms with van der Waals surface area (Å²) in [7, 11) is 2.03. The summed E-state index contributed by atoms with van der Waals surface area (Å²) in [6.45, 7) is 5.59. The molecule has 1 aliphatic heterocycles. The van der Waals surface area contributed by atoms with Crippen molar-refractivity contribution >= 4 is 17.5 Å². The number of likely N-dealkylation sites (tertiary alicyclic amines) is 1. The van der Waals surface area contributed by atoms with Gasteiger partial charge in [0.2, 0.25) is 5.91 Å². The molecule has 1 amide bonds. The number of hydrogen-bond donors (Lipinski definition) is 1. The Morgan fingerprint density at radius 2 is 2.19 bits per heavy atom. The molecule has 3 nitrogen and oxygen atoms in total. The summed E-state index contributed by atoms with van der Waals surface area (Å²) >= 11 is 6.11. The van der Waals surface area contributed by atoms with Gasteiger partial charge in [0.25, 0.3) is 0 Å². The van der Waals surface area contributed by atoms with E-state index in [1.165, 1.54) is 12.1 Å². The molecular weight excluding hydrogens is 291 g/mol. The Morgan fingerprint density at radius 3 is 2.81 bits per heavy atom. The summed E-state index contributed by atoms with van der Waals surface area (Å²) in [5.74, 6) is -0.339. The minimum absolute atomic E-state index is 0.00208. The number of benzene rings is 1. The molecule has 0 spiro atoms. The van der Waals surface area contributed by atoms with E-state index in [0.717, 1.165) is 31.5 Å². The molecule has 2 rings (SSSR count). The van der Waals surface area contributed by atoms with E-state index in [-0.39, 0.29) is 17.6 Å². The van der Waals surface area contributed by atoms with Gasteiger partial charge in [-0.15, -0.1) is 0 Å². The Bertz CT molecular complexity index is 533. The van der Waals surface area contributed by atoms with Gasteiger partial charge in [-0.05, 0) is 58.0 Å². The van der Waals surface area contributed by atoms with Crippen molar-refractivity contribution in [2.75, 3.05) is 20.1 Å². The Labute approximate surface area is 130 Å². The average molecular weight is 313 g/mol. The third-order valence-electron chi connectivity index (χ3n) is 4.04. The Kier molecular flexibility index (Phi) is 4.89. The summed E-state index contributed by atoms with van der Waals surface area (Å²) < 4.78 is 13.2. The second kappa shape index (κ2) is 6.32. The number of amides is 1. The van der Waals surface area contributed by atoms with Crippen LogP contribution in [0.25, 0.3) is 0 Å². The maximum absolute atomic E-state index is 13.2. The highest BCUT2D eigenvalue weighted by Crippen LogP contribution is 2.29. The molecule has 1 saturated heterocycles. The van der Waals surface area contributed by atoms with Crippen molar-refractivity contribution in [1.82, 2.24) is 10.2 Å². The lowest BCUT2D eigenvalue weighted by atomic mass is 9.91. The van der Waals surface area contributed by atoms with Crippen molar-refractivity contribution in [2.45, 2.75) is 32.2 Å². The van der Waals surface area contributed by atoms with Crippen molar-refractivity contribution in [3.8, 4) is 0 Å². The summed E-state index contributed by atoms with van der Waals surface area (Å²) in [5.41, 5.74) is 0.0980. The number of carbonyl (C=O) groups is 1. The van der Waals surface area contributed by atoms with Crippen LogP contribution in [0.1, 0.15) is 32.3 Å². The molecule has 1 aromatic rings. The molecule has 0 bridgehead atoms. The fraction of sp³-hybridized carbons (Fsp3) is 0.562. The maximum Gasteiger partial charge on any atom is 0.225 e. The van der Waals surface area contributed by atoms with Crippen LogP contribution in [0.5, 0.6) is 0 Å². The summed E-state index contributed by atoms with van der Waals surface area (Å²) in [6.07, 6.45) is 1.94. The van der Waals surface area contributed by atoms with Gasteiger partial charge in [0.1, 0.15) is 5.82 Å². The maximum atomic E-state index is 13.2. The monoisotopic (exact) mass is 312 g/mol. The van der Waals surface area contributed by atoms with Crippen LogP contribution in [-0.2, 0) is 10.3 Å². The molecule has 116 valence electrons. The number of nitrogens with one attached hydrogen (secondary N) is 1. The topological polar surface area (TPSA) is 32.3 Å². The van der Waals surface area contributed by atoms with Crippen molar-refractivity contribution in [1.29, 1.82) is 0 Å². The number of halogens is 2. The molecule has 5 heteroatoms. The molecule has 1 N–H and O–H groups in total. The number of piperidine rings is 1. The highest BCUT2D eigenvalue weighted by molar-refractivity contribution is 6.31. The standard InChI is InChI=1S/C16H22ClFN2O/c1-16(2,13-7-6-12(18)9-14(13)17)19-15(21)11-5-4-8-20(3)10-11/h6-7,9,11H,4-5,8,10H2,1-3H3,(H,19,21)/t11-/m0/s1. The second-order valence-corrected chi connectivity index (χ2v) is 6.75. The minimum atomic E-state index is -0.627. The van der Waals surface area contributed by atoms with Gasteiger partial charge in [-0.25, -0.2) is 4.39 Å². The third-order valence-corrected chi connectivity index (χ3v) is 4.35. The van der Waals surface area contributed by atoms with Crippen molar-refractivity contribution in [3.63, 3.8) is 0 Å². The summed E-state index contributed by atoms with van der Waals surface area (Å²) in [6, 6.07) is 4.27. The smallest absolute Gasteiger partial charge is 0.225 e. The fourth-order valence-corrected chi connectivity index (χ4v) is 3.26. The van der Waals surface area contributed by atoms with Crippen molar-refractivity contribution in [2.24, 2.45) is 5.92 Å². The van der Waals surface area contributed by atoms with E-state index in [0.29, 0.717) is 5.02 Å². The Morgan fingerprint density at radius 1 is 1.48 bits per heavy atom. The predicted octanol–water partition coefficient (Wildman–Crippen LogP) is 3.17.